The summed E-state index contributed by atoms with van der Waals surface area (Å²) in [5.41, 5.74) is 2.27. The van der Waals surface area contributed by atoms with E-state index in [0.29, 0.717) is 30.1 Å². The molecule has 10 unspecified atom stereocenters. The van der Waals surface area contributed by atoms with E-state index in [-0.39, 0.29) is 38.5 Å². The molecule has 406 valence electrons. The van der Waals surface area contributed by atoms with Crippen LogP contribution in [-0.4, -0.2) is 90.5 Å². The first-order valence-corrected chi connectivity index (χ1v) is 30.5. The fourth-order valence-corrected chi connectivity index (χ4v) is 12.4. The van der Waals surface area contributed by atoms with Crippen LogP contribution < -0.4 is 6.15 Å². The number of allylic oxidation sites excluding steroid dienone is 1. The Bertz CT molecular complexity index is 1670. The number of aliphatic hydroxyl groups is 2. The molecule has 2 aromatic rings. The van der Waals surface area contributed by atoms with Crippen molar-refractivity contribution >= 4 is 51.0 Å². The summed E-state index contributed by atoms with van der Waals surface area (Å²) in [5, 5.41) is 37.7. The zero-order chi connectivity index (χ0) is 51.2. The lowest BCUT2D eigenvalue weighted by molar-refractivity contribution is -0.142. The largest absolute Gasteiger partial charge is 0.505 e. The molecule has 0 aliphatic rings. The molecule has 16 nitrogen and oxygen atoms in total. The lowest BCUT2D eigenvalue weighted by Crippen LogP contribution is -2.21. The highest BCUT2D eigenvalue weighted by atomic mass is 31.2. The minimum atomic E-state index is -4.19. The van der Waals surface area contributed by atoms with E-state index < -0.39 is 81.2 Å². The molecule has 0 heterocycles. The number of carboxylic acid groups (broad SMARTS) is 2. The van der Waals surface area contributed by atoms with Gasteiger partial charge in [-0.2, -0.15) is 4.89 Å². The van der Waals surface area contributed by atoms with Crippen LogP contribution in [0, 0.1) is 23.7 Å². The van der Waals surface area contributed by atoms with Crippen molar-refractivity contribution in [2.75, 3.05) is 38.0 Å². The Kier molecular flexibility index (Phi) is 61.1. The predicted octanol–water partition coefficient (Wildman–Crippen LogP) is 14.0. The third-order valence-electron chi connectivity index (χ3n) is 9.36. The van der Waals surface area contributed by atoms with E-state index in [1.807, 2.05) is 43.9 Å². The maximum atomic E-state index is 12.5. The van der Waals surface area contributed by atoms with Crippen molar-refractivity contribution in [2.45, 2.75) is 146 Å². The van der Waals surface area contributed by atoms with E-state index in [2.05, 4.69) is 55.0 Å². The number of benzene rings is 2. The van der Waals surface area contributed by atoms with Crippen molar-refractivity contribution in [1.82, 2.24) is 6.15 Å². The highest BCUT2D eigenvalue weighted by Gasteiger charge is 2.36. The van der Waals surface area contributed by atoms with Crippen LogP contribution in [0.5, 0.6) is 0 Å². The summed E-state index contributed by atoms with van der Waals surface area (Å²) in [6.45, 7) is 24.2. The van der Waals surface area contributed by atoms with Gasteiger partial charge in [-0.1, -0.05) is 166 Å². The molecule has 13 N–H and O–H groups in total. The molecule has 10 atom stereocenters. The topological polar surface area (TPSA) is 329 Å². The van der Waals surface area contributed by atoms with Crippen LogP contribution in [0.25, 0.3) is 0 Å². The van der Waals surface area contributed by atoms with Crippen molar-refractivity contribution < 1.29 is 73.0 Å². The molecule has 0 amide bonds. The molecular weight excluding hydrogens is 985 g/mol. The number of hydrogen-bond acceptors (Lipinski definition) is 9. The minimum Gasteiger partial charge on any atom is -0.481 e. The van der Waals surface area contributed by atoms with Gasteiger partial charge in [0.2, 0.25) is 7.37 Å². The average Bonchev–Trinajstić information content (AvgIpc) is 3.20. The van der Waals surface area contributed by atoms with Gasteiger partial charge < -0.3 is 46.4 Å². The predicted molar refractivity (Wildman–Crippen MR) is 292 cm³/mol. The van der Waals surface area contributed by atoms with Gasteiger partial charge in [-0.05, 0) is 66.8 Å². The number of quaternary nitrogens is 1. The molecule has 0 saturated carbocycles. The molecule has 0 fully saturated rings. The average molecular weight is 1080 g/mol. The summed E-state index contributed by atoms with van der Waals surface area (Å²) >= 11 is 0. The van der Waals surface area contributed by atoms with Gasteiger partial charge in [0.1, 0.15) is 25.8 Å². The fourth-order valence-electron chi connectivity index (χ4n) is 6.41. The van der Waals surface area contributed by atoms with Crippen molar-refractivity contribution in [3.63, 3.8) is 0 Å². The van der Waals surface area contributed by atoms with Crippen LogP contribution in [0.3, 0.4) is 0 Å². The van der Waals surface area contributed by atoms with Gasteiger partial charge in [0.15, 0.2) is 12.0 Å². The van der Waals surface area contributed by atoms with Gasteiger partial charge in [0.25, 0.3) is 0 Å². The standard InChI is InChI=1S/C14H23O2P.C13H17O7P.C7H16OP.C6H13O2P.C6H12.2CH4.H3N.HO2P.H2O/c1-4-8-12(2)11-17(3,16)14(15)13-9-6-5-7-10-13;14-11(15)7-6-10(12(16)17)8-21(19,20)13(18)9-4-2-1-3-5-9;1-4-5-7(2)6-9(3)8;1-3-4-6(2)5-9(7)8;1-4-5-6(2)3;;;;1-3-2;/h5-7,9-10,12,14-15H,4,8,11H2,1-3H3;1-5,10,13,18H,6-8H2,(H,14,15)(H,16,17)(H,19,20);7H,4-6H2,1-3H3;6H,3-5H2,1-2H3;2,4-5H2,1,3H3;2*1H4;1H3;(H,1,2);1H2/q;;+1;;;;;;;/p+2. The van der Waals surface area contributed by atoms with E-state index in [0.717, 1.165) is 37.4 Å². The Morgan fingerprint density at radius 2 is 1.09 bits per heavy atom. The zero-order valence-electron chi connectivity index (χ0n) is 42.1. The number of carboxylic acids is 2. The van der Waals surface area contributed by atoms with Crippen LogP contribution in [0.4, 0.5) is 0 Å². The summed E-state index contributed by atoms with van der Waals surface area (Å²) in [6.07, 6.45) is 9.80. The van der Waals surface area contributed by atoms with Crippen LogP contribution in [0.1, 0.15) is 157 Å². The van der Waals surface area contributed by atoms with Gasteiger partial charge in [0.05, 0.1) is 5.92 Å². The monoisotopic (exact) mass is 1080 g/mol. The maximum Gasteiger partial charge on any atom is 0.505 e. The Balaban J connectivity index is -0.000000116. The Morgan fingerprint density at radius 3 is 1.39 bits per heavy atom. The van der Waals surface area contributed by atoms with Crippen molar-refractivity contribution in [2.24, 2.45) is 23.7 Å². The first kappa shape index (κ1) is 83.5. The quantitative estimate of drug-likeness (QED) is 0.0358. The maximum absolute atomic E-state index is 12.5. The Hall–Kier alpha value is -2.40. The van der Waals surface area contributed by atoms with E-state index in [1.54, 1.807) is 24.9 Å². The highest BCUT2D eigenvalue weighted by Crippen LogP contribution is 2.56. The van der Waals surface area contributed by atoms with Gasteiger partial charge in [-0.25, -0.2) is 4.57 Å². The summed E-state index contributed by atoms with van der Waals surface area (Å²) in [5.74, 6) is -4.87. The van der Waals surface area contributed by atoms with Crippen molar-refractivity contribution in [3.8, 4) is 0 Å². The summed E-state index contributed by atoms with van der Waals surface area (Å²) in [7, 11) is -10.4. The normalized spacial score (nSPS) is 14.6. The van der Waals surface area contributed by atoms with Gasteiger partial charge in [0, 0.05) is 24.7 Å². The molecule has 0 saturated heterocycles. The number of carbonyl (C=O) groups is 2. The number of rotatable bonds is 24. The molecule has 2 rings (SSSR count). The lowest BCUT2D eigenvalue weighted by Gasteiger charge is -2.23. The molecule has 0 aliphatic heterocycles. The van der Waals surface area contributed by atoms with E-state index in [4.69, 9.17) is 24.6 Å². The summed E-state index contributed by atoms with van der Waals surface area (Å²) in [6, 6.07) is 17.1. The van der Waals surface area contributed by atoms with Crippen LogP contribution in [-0.2, 0) is 32.4 Å². The fraction of sp³-hybridized carbons (Fsp3) is 0.667. The molecule has 69 heavy (non-hydrogen) atoms. The van der Waals surface area contributed by atoms with Crippen molar-refractivity contribution in [3.05, 3.63) is 83.9 Å². The molecule has 0 aliphatic carbocycles. The molecule has 0 radical (unpaired) electrons. The number of hydrogen-bond donors (Lipinski definition) is 8. The van der Waals surface area contributed by atoms with E-state index in [1.165, 1.54) is 43.4 Å². The zero-order valence-corrected chi connectivity index (χ0v) is 46.5. The molecule has 0 spiro atoms. The second-order valence-corrected chi connectivity index (χ2v) is 25.1. The van der Waals surface area contributed by atoms with Gasteiger partial charge in [-0.15, -0.1) is 6.58 Å². The first-order chi connectivity index (χ1) is 30.2. The lowest BCUT2D eigenvalue weighted by atomic mass is 10.1. The number of aliphatic carboxylic acids is 2. The third-order valence-corrected chi connectivity index (χ3v) is 16.1. The second kappa shape index (κ2) is 50.5. The molecule has 21 heteroatoms. The van der Waals surface area contributed by atoms with Crippen LogP contribution >= 0.6 is 39.0 Å². The Morgan fingerprint density at radius 1 is 0.710 bits per heavy atom. The molecule has 0 bridgehead atoms. The highest BCUT2D eigenvalue weighted by molar-refractivity contribution is 7.63. The van der Waals surface area contributed by atoms with Crippen LogP contribution in [0.2, 0.25) is 0 Å². The number of aliphatic hydroxyl groups excluding tert-OH is 2. The molecule has 2 aromatic carbocycles. The van der Waals surface area contributed by atoms with E-state index >= 15 is 0 Å². The minimum absolute atomic E-state index is 0. The molecule has 0 aromatic heterocycles. The van der Waals surface area contributed by atoms with Crippen LogP contribution in [0.15, 0.2) is 72.8 Å². The van der Waals surface area contributed by atoms with Gasteiger partial charge >= 0.3 is 36.5 Å². The summed E-state index contributed by atoms with van der Waals surface area (Å²) < 4.78 is 54.1. The SMILES string of the molecule is C.C.C=C(C)CCC.CCCC(C)CP(C)(=O)C(O)c1ccccc1.CCCC(C)C[P+](=O)O.CCCC(C)C[P+](C)=O.O.O=C(O)CCC(CP(=O)(O)C(O)c1ccccc1)C(=O)O.O=PO.[NH4+]. The smallest absolute Gasteiger partial charge is 0.481 e. The summed E-state index contributed by atoms with van der Waals surface area (Å²) in [4.78, 5) is 46.9. The third kappa shape index (κ3) is 50.3. The Labute approximate surface area is 420 Å². The van der Waals surface area contributed by atoms with Gasteiger partial charge in [-0.3, -0.25) is 14.2 Å². The van der Waals surface area contributed by atoms with Crippen molar-refractivity contribution in [1.29, 1.82) is 0 Å². The molecular formula is C48H97NO15P5+3. The second-order valence-electron chi connectivity index (χ2n) is 16.6. The first-order valence-electron chi connectivity index (χ1n) is 22.1. The van der Waals surface area contributed by atoms with E-state index in [9.17, 15) is 43.0 Å².